The molecular weight excluding hydrogens is 248 g/mol. The monoisotopic (exact) mass is 266 g/mol. The minimum Gasteiger partial charge on any atom is -0.480 e. The first kappa shape index (κ1) is 15.6. The number of carboxylic acid groups (broad SMARTS) is 1. The lowest BCUT2D eigenvalue weighted by Gasteiger charge is -2.26. The van der Waals surface area contributed by atoms with Crippen LogP contribution < -0.4 is 10.6 Å². The molecule has 0 aliphatic heterocycles. The summed E-state index contributed by atoms with van der Waals surface area (Å²) in [6.45, 7) is 3.41. The summed E-state index contributed by atoms with van der Waals surface area (Å²) in [5.74, 6) is -0.540. The van der Waals surface area contributed by atoms with Gasteiger partial charge in [-0.3, -0.25) is 14.9 Å². The fraction of sp³-hybridized carbons (Fsp3) is 0.778. The summed E-state index contributed by atoms with van der Waals surface area (Å²) in [5.41, 5.74) is -0.424. The Labute approximate surface area is 106 Å². The Kier molecular flexibility index (Phi) is 6.85. The van der Waals surface area contributed by atoms with Gasteiger partial charge in [0, 0.05) is 17.0 Å². The first-order chi connectivity index (χ1) is 7.32. The van der Waals surface area contributed by atoms with Crippen LogP contribution in [0.4, 0.5) is 0 Å². The van der Waals surface area contributed by atoms with Gasteiger partial charge in [-0.25, -0.2) is 0 Å². The summed E-state index contributed by atoms with van der Waals surface area (Å²) >= 11 is 8.11. The van der Waals surface area contributed by atoms with Crippen LogP contribution in [0, 0.1) is 0 Å². The average molecular weight is 266 g/mol. The maximum Gasteiger partial charge on any atom is 0.317 e. The van der Waals surface area contributed by atoms with E-state index in [2.05, 4.69) is 35.9 Å². The number of carbonyl (C=O) groups is 2. The predicted octanol–water partition coefficient (Wildman–Crippen LogP) is -0.216. The first-order valence-corrected chi connectivity index (χ1v) is 6.08. The molecule has 0 aromatic rings. The molecule has 1 unspecified atom stereocenters. The highest BCUT2D eigenvalue weighted by Crippen LogP contribution is 2.04. The van der Waals surface area contributed by atoms with E-state index in [-0.39, 0.29) is 18.2 Å². The van der Waals surface area contributed by atoms with Gasteiger partial charge in [-0.15, -0.1) is 0 Å². The molecule has 7 heteroatoms. The number of aliphatic carboxylic acids is 1. The number of rotatable bonds is 7. The third kappa shape index (κ3) is 6.24. The van der Waals surface area contributed by atoms with E-state index in [1.807, 2.05) is 13.8 Å². The Hall–Kier alpha value is -0.400. The molecular formula is C9H18N2O3S2. The molecule has 0 heterocycles. The molecule has 0 fully saturated rings. The second-order valence-electron chi connectivity index (χ2n) is 4.04. The lowest BCUT2D eigenvalue weighted by atomic mass is 10.1. The van der Waals surface area contributed by atoms with E-state index < -0.39 is 17.6 Å². The van der Waals surface area contributed by atoms with Crippen molar-refractivity contribution in [1.82, 2.24) is 10.6 Å². The lowest BCUT2D eigenvalue weighted by Crippen LogP contribution is -2.54. The third-order valence-electron chi connectivity index (χ3n) is 1.86. The minimum atomic E-state index is -1.01. The van der Waals surface area contributed by atoms with Crippen molar-refractivity contribution in [3.63, 3.8) is 0 Å². The van der Waals surface area contributed by atoms with Crippen molar-refractivity contribution in [1.29, 1.82) is 0 Å². The van der Waals surface area contributed by atoms with Crippen LogP contribution in [0.25, 0.3) is 0 Å². The van der Waals surface area contributed by atoms with Crippen LogP contribution in [0.2, 0.25) is 0 Å². The van der Waals surface area contributed by atoms with Gasteiger partial charge in [-0.1, -0.05) is 0 Å². The van der Waals surface area contributed by atoms with Crippen LogP contribution in [0.3, 0.4) is 0 Å². The highest BCUT2D eigenvalue weighted by molar-refractivity contribution is 7.80. The predicted molar refractivity (Wildman–Crippen MR) is 69.4 cm³/mol. The number of nitrogens with one attached hydrogen (secondary N) is 2. The maximum atomic E-state index is 11.7. The van der Waals surface area contributed by atoms with Gasteiger partial charge >= 0.3 is 5.97 Å². The molecule has 0 aromatic carbocycles. The summed E-state index contributed by atoms with van der Waals surface area (Å²) in [4.78, 5) is 22.1. The van der Waals surface area contributed by atoms with Crippen LogP contribution >= 0.6 is 25.3 Å². The van der Waals surface area contributed by atoms with Crippen LogP contribution in [0.1, 0.15) is 13.8 Å². The van der Waals surface area contributed by atoms with Crippen LogP contribution in [-0.2, 0) is 9.59 Å². The van der Waals surface area contributed by atoms with Crippen molar-refractivity contribution >= 4 is 37.1 Å². The Morgan fingerprint density at radius 3 is 2.31 bits per heavy atom. The number of carbonyl (C=O) groups excluding carboxylic acids is 1. The molecule has 94 valence electrons. The molecule has 0 aromatic heterocycles. The Bertz CT molecular complexity index is 259. The molecule has 16 heavy (non-hydrogen) atoms. The van der Waals surface area contributed by atoms with Crippen LogP contribution in [0.5, 0.6) is 0 Å². The molecule has 0 spiro atoms. The number of thiol groups is 2. The van der Waals surface area contributed by atoms with Gasteiger partial charge in [0.15, 0.2) is 0 Å². The number of hydrogen-bond donors (Lipinski definition) is 5. The number of amides is 1. The van der Waals surface area contributed by atoms with Crippen molar-refractivity contribution in [2.24, 2.45) is 0 Å². The summed E-state index contributed by atoms with van der Waals surface area (Å²) in [6.07, 6.45) is 0. The Morgan fingerprint density at radius 2 is 1.94 bits per heavy atom. The van der Waals surface area contributed by atoms with Crippen molar-refractivity contribution in [2.75, 3.05) is 18.1 Å². The number of carboxylic acids is 1. The SMILES string of the molecule is CC(C)(CS)NC(=O)C(CS)NCC(=O)O. The maximum absolute atomic E-state index is 11.7. The second kappa shape index (κ2) is 7.03. The van der Waals surface area contributed by atoms with Crippen LogP contribution in [0.15, 0.2) is 0 Å². The molecule has 0 saturated heterocycles. The van der Waals surface area contributed by atoms with E-state index in [9.17, 15) is 9.59 Å². The smallest absolute Gasteiger partial charge is 0.317 e. The average Bonchev–Trinajstić information content (AvgIpc) is 2.17. The van der Waals surface area contributed by atoms with Gasteiger partial charge in [0.05, 0.1) is 12.6 Å². The summed E-state index contributed by atoms with van der Waals surface area (Å²) in [6, 6.07) is -0.612. The summed E-state index contributed by atoms with van der Waals surface area (Å²) in [7, 11) is 0. The van der Waals surface area contributed by atoms with Crippen molar-refractivity contribution in [2.45, 2.75) is 25.4 Å². The third-order valence-corrected chi connectivity index (χ3v) is 3.01. The van der Waals surface area contributed by atoms with E-state index in [4.69, 9.17) is 5.11 Å². The van der Waals surface area contributed by atoms with Crippen molar-refractivity contribution in [3.05, 3.63) is 0 Å². The van der Waals surface area contributed by atoms with Crippen LogP contribution in [-0.4, -0.2) is 46.6 Å². The zero-order valence-corrected chi connectivity index (χ0v) is 11.1. The van der Waals surface area contributed by atoms with Gasteiger partial charge in [-0.2, -0.15) is 25.3 Å². The standard InChI is InChI=1S/C9H18N2O3S2/c1-9(2,5-16)11-8(14)6(4-15)10-3-7(12)13/h6,10,15-16H,3-5H2,1-2H3,(H,11,14)(H,12,13). The highest BCUT2D eigenvalue weighted by Gasteiger charge is 2.24. The summed E-state index contributed by atoms with van der Waals surface area (Å²) < 4.78 is 0. The Morgan fingerprint density at radius 1 is 1.38 bits per heavy atom. The van der Waals surface area contributed by atoms with Gasteiger partial charge in [-0.05, 0) is 13.8 Å². The van der Waals surface area contributed by atoms with E-state index >= 15 is 0 Å². The van der Waals surface area contributed by atoms with Gasteiger partial charge in [0.2, 0.25) is 5.91 Å². The molecule has 0 bridgehead atoms. The molecule has 1 atom stereocenters. The molecule has 0 rings (SSSR count). The summed E-state index contributed by atoms with van der Waals surface area (Å²) in [5, 5.41) is 13.9. The molecule has 1 amide bonds. The van der Waals surface area contributed by atoms with Gasteiger partial charge in [0.1, 0.15) is 0 Å². The zero-order chi connectivity index (χ0) is 12.8. The quantitative estimate of drug-likeness (QED) is 0.413. The van der Waals surface area contributed by atoms with E-state index in [1.165, 1.54) is 0 Å². The molecule has 3 N–H and O–H groups in total. The molecule has 0 aliphatic rings. The highest BCUT2D eigenvalue weighted by atomic mass is 32.1. The minimum absolute atomic E-state index is 0.238. The lowest BCUT2D eigenvalue weighted by molar-refractivity contribution is -0.136. The van der Waals surface area contributed by atoms with Gasteiger partial charge < -0.3 is 10.4 Å². The van der Waals surface area contributed by atoms with Crippen molar-refractivity contribution < 1.29 is 14.7 Å². The fourth-order valence-corrected chi connectivity index (χ4v) is 1.28. The van der Waals surface area contributed by atoms with E-state index in [0.717, 1.165) is 0 Å². The Balaban J connectivity index is 4.26. The zero-order valence-electron chi connectivity index (χ0n) is 9.36. The molecule has 0 saturated carbocycles. The topological polar surface area (TPSA) is 78.4 Å². The van der Waals surface area contributed by atoms with Crippen molar-refractivity contribution in [3.8, 4) is 0 Å². The normalized spacial score (nSPS) is 13.2. The molecule has 0 aliphatic carbocycles. The second-order valence-corrected chi connectivity index (χ2v) is 4.72. The molecule has 0 radical (unpaired) electrons. The molecule has 5 nitrogen and oxygen atoms in total. The number of hydrogen-bond acceptors (Lipinski definition) is 5. The van der Waals surface area contributed by atoms with Gasteiger partial charge in [0.25, 0.3) is 0 Å². The fourth-order valence-electron chi connectivity index (χ4n) is 0.911. The van der Waals surface area contributed by atoms with E-state index in [1.54, 1.807) is 0 Å². The largest absolute Gasteiger partial charge is 0.480 e. The van der Waals surface area contributed by atoms with E-state index in [0.29, 0.717) is 5.75 Å². The first-order valence-electron chi connectivity index (χ1n) is 4.81.